The minimum Gasteiger partial charge on any atom is -0.459 e. The summed E-state index contributed by atoms with van der Waals surface area (Å²) in [5.74, 6) is 0.893. The molecule has 0 spiro atoms. The first-order chi connectivity index (χ1) is 9.58. The predicted molar refractivity (Wildman–Crippen MR) is 85.6 cm³/mol. The fraction of sp³-hybridized carbons (Fsp3) is 0.438. The standard InChI is InChI=1S/C16H20N2O2.ClH/c1-11(18-15(19)16(2)7-8-17-10-16)14-9-12-5-3-4-6-13(12)20-14;/h3-6,9,11,17H,7-8,10H2,1-2H3,(H,18,19);1H. The van der Waals surface area contributed by atoms with Crippen molar-refractivity contribution in [3.05, 3.63) is 36.1 Å². The zero-order valence-electron chi connectivity index (χ0n) is 12.3. The Balaban J connectivity index is 0.00000161. The van der Waals surface area contributed by atoms with E-state index in [-0.39, 0.29) is 29.8 Å². The summed E-state index contributed by atoms with van der Waals surface area (Å²) in [6.45, 7) is 5.61. The van der Waals surface area contributed by atoms with Crippen molar-refractivity contribution < 1.29 is 9.21 Å². The van der Waals surface area contributed by atoms with Crippen LogP contribution in [-0.4, -0.2) is 19.0 Å². The second-order valence-electron chi connectivity index (χ2n) is 5.87. The molecule has 1 aromatic carbocycles. The molecule has 5 heteroatoms. The highest BCUT2D eigenvalue weighted by atomic mass is 35.5. The van der Waals surface area contributed by atoms with Gasteiger partial charge >= 0.3 is 0 Å². The Morgan fingerprint density at radius 2 is 2.19 bits per heavy atom. The number of para-hydroxylation sites is 1. The molecule has 21 heavy (non-hydrogen) atoms. The maximum Gasteiger partial charge on any atom is 0.227 e. The van der Waals surface area contributed by atoms with Gasteiger partial charge in [-0.3, -0.25) is 4.79 Å². The van der Waals surface area contributed by atoms with Crippen LogP contribution in [0.15, 0.2) is 34.7 Å². The molecule has 0 bridgehead atoms. The lowest BCUT2D eigenvalue weighted by molar-refractivity contribution is -0.130. The van der Waals surface area contributed by atoms with E-state index in [1.807, 2.05) is 44.2 Å². The molecule has 3 rings (SSSR count). The van der Waals surface area contributed by atoms with Gasteiger partial charge in [-0.2, -0.15) is 0 Å². The van der Waals surface area contributed by atoms with Crippen molar-refractivity contribution in [2.24, 2.45) is 5.41 Å². The summed E-state index contributed by atoms with van der Waals surface area (Å²) < 4.78 is 5.80. The molecule has 114 valence electrons. The van der Waals surface area contributed by atoms with Gasteiger partial charge in [0.25, 0.3) is 0 Å². The third-order valence-corrected chi connectivity index (χ3v) is 4.14. The van der Waals surface area contributed by atoms with Crippen LogP contribution in [0.3, 0.4) is 0 Å². The van der Waals surface area contributed by atoms with Gasteiger partial charge in [0.2, 0.25) is 5.91 Å². The normalized spacial score (nSPS) is 22.8. The predicted octanol–water partition coefficient (Wildman–Crippen LogP) is 3.03. The van der Waals surface area contributed by atoms with E-state index in [4.69, 9.17) is 4.42 Å². The van der Waals surface area contributed by atoms with Gasteiger partial charge in [0.05, 0.1) is 11.5 Å². The highest BCUT2D eigenvalue weighted by Crippen LogP contribution is 2.28. The molecule has 1 aliphatic rings. The fourth-order valence-corrected chi connectivity index (χ4v) is 2.67. The van der Waals surface area contributed by atoms with E-state index in [1.54, 1.807) is 0 Å². The van der Waals surface area contributed by atoms with Crippen molar-refractivity contribution in [1.29, 1.82) is 0 Å². The molecule has 2 unspecified atom stereocenters. The fourth-order valence-electron chi connectivity index (χ4n) is 2.67. The first kappa shape index (κ1) is 15.9. The van der Waals surface area contributed by atoms with Crippen molar-refractivity contribution >= 4 is 29.3 Å². The molecule has 2 N–H and O–H groups in total. The van der Waals surface area contributed by atoms with Gasteiger partial charge in [-0.15, -0.1) is 12.4 Å². The number of carbonyl (C=O) groups excluding carboxylic acids is 1. The van der Waals surface area contributed by atoms with E-state index < -0.39 is 0 Å². The molecule has 0 saturated carbocycles. The van der Waals surface area contributed by atoms with E-state index in [2.05, 4.69) is 10.6 Å². The topological polar surface area (TPSA) is 54.3 Å². The van der Waals surface area contributed by atoms with Crippen molar-refractivity contribution in [1.82, 2.24) is 10.6 Å². The number of fused-ring (bicyclic) bond motifs is 1. The molecule has 1 fully saturated rings. The van der Waals surface area contributed by atoms with E-state index in [9.17, 15) is 4.79 Å². The Morgan fingerprint density at radius 1 is 1.43 bits per heavy atom. The quantitative estimate of drug-likeness (QED) is 0.916. The van der Waals surface area contributed by atoms with Crippen LogP contribution in [0, 0.1) is 5.41 Å². The molecule has 1 aliphatic heterocycles. The smallest absolute Gasteiger partial charge is 0.227 e. The van der Waals surface area contributed by atoms with Gasteiger partial charge in [0, 0.05) is 11.9 Å². The summed E-state index contributed by atoms with van der Waals surface area (Å²) in [6, 6.07) is 9.76. The third kappa shape index (κ3) is 3.06. The van der Waals surface area contributed by atoms with Gasteiger partial charge in [-0.1, -0.05) is 18.2 Å². The number of halogens is 1. The lowest BCUT2D eigenvalue weighted by Crippen LogP contribution is -2.41. The van der Waals surface area contributed by atoms with Crippen LogP contribution in [0.4, 0.5) is 0 Å². The summed E-state index contributed by atoms with van der Waals surface area (Å²) in [7, 11) is 0. The first-order valence-electron chi connectivity index (χ1n) is 7.09. The number of furan rings is 1. The van der Waals surface area contributed by atoms with Crippen LogP contribution in [0.5, 0.6) is 0 Å². The summed E-state index contributed by atoms with van der Waals surface area (Å²) >= 11 is 0. The molecular formula is C16H21ClN2O2. The van der Waals surface area contributed by atoms with Crippen LogP contribution < -0.4 is 10.6 Å². The minimum atomic E-state index is -0.305. The maximum absolute atomic E-state index is 12.4. The monoisotopic (exact) mass is 308 g/mol. The molecule has 0 radical (unpaired) electrons. The Hall–Kier alpha value is -1.52. The highest BCUT2D eigenvalue weighted by Gasteiger charge is 2.37. The number of hydrogen-bond donors (Lipinski definition) is 2. The van der Waals surface area contributed by atoms with E-state index in [0.29, 0.717) is 0 Å². The van der Waals surface area contributed by atoms with Crippen LogP contribution >= 0.6 is 12.4 Å². The maximum atomic E-state index is 12.4. The molecule has 2 heterocycles. The van der Waals surface area contributed by atoms with Crippen molar-refractivity contribution in [2.45, 2.75) is 26.3 Å². The lowest BCUT2D eigenvalue weighted by Gasteiger charge is -2.23. The lowest BCUT2D eigenvalue weighted by atomic mass is 9.88. The largest absolute Gasteiger partial charge is 0.459 e. The summed E-state index contributed by atoms with van der Waals surface area (Å²) in [6.07, 6.45) is 0.881. The minimum absolute atomic E-state index is 0. The molecular weight excluding hydrogens is 288 g/mol. The van der Waals surface area contributed by atoms with Crippen LogP contribution in [0.1, 0.15) is 32.1 Å². The summed E-state index contributed by atoms with van der Waals surface area (Å²) in [5.41, 5.74) is 0.553. The van der Waals surface area contributed by atoms with Crippen molar-refractivity contribution in [3.8, 4) is 0 Å². The Labute approximate surface area is 130 Å². The number of carbonyl (C=O) groups is 1. The van der Waals surface area contributed by atoms with Crippen LogP contribution in [-0.2, 0) is 4.79 Å². The summed E-state index contributed by atoms with van der Waals surface area (Å²) in [5, 5.41) is 7.38. The van der Waals surface area contributed by atoms with Crippen molar-refractivity contribution in [2.75, 3.05) is 13.1 Å². The van der Waals surface area contributed by atoms with Gasteiger partial charge in [0.1, 0.15) is 11.3 Å². The third-order valence-electron chi connectivity index (χ3n) is 4.14. The average Bonchev–Trinajstić information content (AvgIpc) is 3.05. The van der Waals surface area contributed by atoms with Gasteiger partial charge < -0.3 is 15.1 Å². The van der Waals surface area contributed by atoms with Gasteiger partial charge in [-0.25, -0.2) is 0 Å². The number of hydrogen-bond acceptors (Lipinski definition) is 3. The Bertz CT molecular complexity index is 599. The second-order valence-corrected chi connectivity index (χ2v) is 5.87. The van der Waals surface area contributed by atoms with Crippen LogP contribution in [0.2, 0.25) is 0 Å². The molecule has 2 aromatic rings. The second kappa shape index (κ2) is 6.08. The van der Waals surface area contributed by atoms with E-state index in [0.717, 1.165) is 36.2 Å². The molecule has 1 saturated heterocycles. The van der Waals surface area contributed by atoms with Gasteiger partial charge in [0.15, 0.2) is 0 Å². The summed E-state index contributed by atoms with van der Waals surface area (Å²) in [4.78, 5) is 12.4. The molecule has 0 aliphatic carbocycles. The zero-order valence-corrected chi connectivity index (χ0v) is 13.1. The average molecular weight is 309 g/mol. The molecule has 1 aromatic heterocycles. The first-order valence-corrected chi connectivity index (χ1v) is 7.09. The number of benzene rings is 1. The number of amides is 1. The number of nitrogens with one attached hydrogen (secondary N) is 2. The van der Waals surface area contributed by atoms with Crippen molar-refractivity contribution in [3.63, 3.8) is 0 Å². The Morgan fingerprint density at radius 3 is 2.86 bits per heavy atom. The molecule has 4 nitrogen and oxygen atoms in total. The van der Waals surface area contributed by atoms with Crippen LogP contribution in [0.25, 0.3) is 11.0 Å². The SMILES string of the molecule is CC(NC(=O)C1(C)CCNC1)c1cc2ccccc2o1.Cl. The zero-order chi connectivity index (χ0) is 14.2. The van der Waals surface area contributed by atoms with E-state index >= 15 is 0 Å². The van der Waals surface area contributed by atoms with Gasteiger partial charge in [-0.05, 0) is 38.9 Å². The number of rotatable bonds is 3. The Kier molecular flexibility index (Phi) is 4.59. The molecule has 2 atom stereocenters. The van der Waals surface area contributed by atoms with E-state index in [1.165, 1.54) is 0 Å². The highest BCUT2D eigenvalue weighted by molar-refractivity contribution is 5.85. The molecule has 1 amide bonds.